The Bertz CT molecular complexity index is 392. The van der Waals surface area contributed by atoms with Crippen LogP contribution in [0.25, 0.3) is 0 Å². The van der Waals surface area contributed by atoms with Crippen LogP contribution in [0.2, 0.25) is 10.0 Å². The highest BCUT2D eigenvalue weighted by molar-refractivity contribution is 6.42. The zero-order valence-electron chi connectivity index (χ0n) is 9.47. The van der Waals surface area contributed by atoms with E-state index < -0.39 is 0 Å². The van der Waals surface area contributed by atoms with Crippen LogP contribution in [0, 0.1) is 5.92 Å². The number of benzene rings is 1. The van der Waals surface area contributed by atoms with Crippen molar-refractivity contribution in [3.05, 3.63) is 33.8 Å². The summed E-state index contributed by atoms with van der Waals surface area (Å²) in [4.78, 5) is 0. The number of nitrogens with two attached hydrogens (primary N) is 1. The molecule has 16 heavy (non-hydrogen) atoms. The number of hydrogen-bond donors (Lipinski definition) is 1. The summed E-state index contributed by atoms with van der Waals surface area (Å²) in [6.07, 6.45) is 4.21. The molecular weight excluding hydrogens is 241 g/mol. The van der Waals surface area contributed by atoms with Crippen molar-refractivity contribution in [2.24, 2.45) is 11.7 Å². The van der Waals surface area contributed by atoms with E-state index in [9.17, 15) is 0 Å². The highest BCUT2D eigenvalue weighted by Gasteiger charge is 2.34. The maximum absolute atomic E-state index is 6.40. The Morgan fingerprint density at radius 2 is 2.19 bits per heavy atom. The summed E-state index contributed by atoms with van der Waals surface area (Å²) >= 11 is 12.2. The molecule has 1 saturated carbocycles. The standard InChI is InChI=1S/C13H17Cl2N/c1-9-5-6-13(16,7-9)8-10-3-2-4-11(14)12(10)15/h2-4,9H,5-8,16H2,1H3. The molecule has 3 heteroatoms. The summed E-state index contributed by atoms with van der Waals surface area (Å²) in [5.41, 5.74) is 7.38. The second-order valence-corrected chi connectivity index (χ2v) is 5.89. The topological polar surface area (TPSA) is 26.0 Å². The van der Waals surface area contributed by atoms with Gasteiger partial charge in [-0.25, -0.2) is 0 Å². The zero-order valence-corrected chi connectivity index (χ0v) is 11.0. The zero-order chi connectivity index (χ0) is 11.8. The first kappa shape index (κ1) is 12.2. The fourth-order valence-corrected chi connectivity index (χ4v) is 3.04. The average Bonchev–Trinajstić information content (AvgIpc) is 2.54. The van der Waals surface area contributed by atoms with Gasteiger partial charge < -0.3 is 5.73 Å². The monoisotopic (exact) mass is 257 g/mol. The van der Waals surface area contributed by atoms with Gasteiger partial charge in [0, 0.05) is 5.54 Å². The van der Waals surface area contributed by atoms with Gasteiger partial charge in [-0.3, -0.25) is 0 Å². The minimum Gasteiger partial charge on any atom is -0.325 e. The predicted octanol–water partition coefficient (Wildman–Crippen LogP) is 4.05. The summed E-state index contributed by atoms with van der Waals surface area (Å²) in [5, 5.41) is 1.28. The van der Waals surface area contributed by atoms with Crippen molar-refractivity contribution in [1.29, 1.82) is 0 Å². The van der Waals surface area contributed by atoms with Crippen LogP contribution in [0.1, 0.15) is 31.7 Å². The van der Waals surface area contributed by atoms with Crippen LogP contribution >= 0.6 is 23.2 Å². The third kappa shape index (κ3) is 2.53. The van der Waals surface area contributed by atoms with Crippen LogP contribution in [-0.4, -0.2) is 5.54 Å². The van der Waals surface area contributed by atoms with E-state index in [-0.39, 0.29) is 5.54 Å². The van der Waals surface area contributed by atoms with E-state index in [2.05, 4.69) is 6.92 Å². The lowest BCUT2D eigenvalue weighted by atomic mass is 9.89. The molecule has 0 radical (unpaired) electrons. The SMILES string of the molecule is CC1CCC(N)(Cc2cccc(Cl)c2Cl)C1. The Kier molecular flexibility index (Phi) is 3.48. The van der Waals surface area contributed by atoms with Crippen molar-refractivity contribution in [1.82, 2.24) is 0 Å². The third-order valence-electron chi connectivity index (χ3n) is 3.46. The fourth-order valence-electron chi connectivity index (χ4n) is 2.66. The Morgan fingerprint density at radius 3 is 2.81 bits per heavy atom. The highest BCUT2D eigenvalue weighted by Crippen LogP contribution is 2.37. The van der Waals surface area contributed by atoms with Crippen molar-refractivity contribution < 1.29 is 0 Å². The van der Waals surface area contributed by atoms with Gasteiger partial charge in [0.2, 0.25) is 0 Å². The van der Waals surface area contributed by atoms with Crippen LogP contribution < -0.4 is 5.73 Å². The van der Waals surface area contributed by atoms with Gasteiger partial charge in [-0.1, -0.05) is 42.3 Å². The molecule has 0 aromatic heterocycles. The lowest BCUT2D eigenvalue weighted by molar-refractivity contribution is 0.419. The van der Waals surface area contributed by atoms with Gasteiger partial charge in [0.05, 0.1) is 10.0 Å². The Hall–Kier alpha value is -0.240. The molecule has 1 aromatic carbocycles. The molecule has 0 saturated heterocycles. The van der Waals surface area contributed by atoms with E-state index in [1.165, 1.54) is 6.42 Å². The number of rotatable bonds is 2. The van der Waals surface area contributed by atoms with Gasteiger partial charge in [0.25, 0.3) is 0 Å². The van der Waals surface area contributed by atoms with E-state index in [0.717, 1.165) is 30.7 Å². The number of hydrogen-bond acceptors (Lipinski definition) is 1. The second-order valence-electron chi connectivity index (χ2n) is 5.10. The molecule has 0 aliphatic heterocycles. The van der Waals surface area contributed by atoms with Gasteiger partial charge in [0.1, 0.15) is 0 Å². The van der Waals surface area contributed by atoms with Crippen molar-refractivity contribution in [2.45, 2.75) is 38.1 Å². The molecule has 88 valence electrons. The minimum atomic E-state index is -0.0895. The number of halogens is 2. The van der Waals surface area contributed by atoms with Crippen molar-refractivity contribution >= 4 is 23.2 Å². The van der Waals surface area contributed by atoms with Crippen LogP contribution in [0.4, 0.5) is 0 Å². The maximum atomic E-state index is 6.40. The lowest BCUT2D eigenvalue weighted by Crippen LogP contribution is -2.39. The van der Waals surface area contributed by atoms with Gasteiger partial charge in [-0.15, -0.1) is 0 Å². The van der Waals surface area contributed by atoms with Crippen LogP contribution in [-0.2, 0) is 6.42 Å². The van der Waals surface area contributed by atoms with Crippen molar-refractivity contribution in [3.8, 4) is 0 Å². The van der Waals surface area contributed by atoms with Gasteiger partial charge in [0.15, 0.2) is 0 Å². The molecule has 0 spiro atoms. The average molecular weight is 258 g/mol. The Balaban J connectivity index is 2.18. The maximum Gasteiger partial charge on any atom is 0.0624 e. The largest absolute Gasteiger partial charge is 0.325 e. The van der Waals surface area contributed by atoms with E-state index in [1.54, 1.807) is 0 Å². The molecule has 2 rings (SSSR count). The Morgan fingerprint density at radius 1 is 1.44 bits per heavy atom. The second kappa shape index (κ2) is 4.56. The summed E-state index contributed by atoms with van der Waals surface area (Å²) in [7, 11) is 0. The molecule has 0 amide bonds. The first-order valence-electron chi connectivity index (χ1n) is 5.72. The summed E-state index contributed by atoms with van der Waals surface area (Å²) in [6.45, 7) is 2.26. The summed E-state index contributed by atoms with van der Waals surface area (Å²) < 4.78 is 0. The molecule has 1 fully saturated rings. The molecule has 2 unspecified atom stereocenters. The molecule has 1 nitrogen and oxygen atoms in total. The van der Waals surface area contributed by atoms with Gasteiger partial charge in [-0.2, -0.15) is 0 Å². The van der Waals surface area contributed by atoms with Crippen molar-refractivity contribution in [3.63, 3.8) is 0 Å². The molecule has 0 bridgehead atoms. The lowest BCUT2D eigenvalue weighted by Gasteiger charge is -2.24. The first-order chi connectivity index (χ1) is 7.50. The highest BCUT2D eigenvalue weighted by atomic mass is 35.5. The molecular formula is C13H17Cl2N. The first-order valence-corrected chi connectivity index (χ1v) is 6.47. The molecule has 1 aliphatic rings. The normalized spacial score (nSPS) is 29.6. The Labute approximate surface area is 107 Å². The third-order valence-corrected chi connectivity index (χ3v) is 4.32. The van der Waals surface area contributed by atoms with E-state index >= 15 is 0 Å². The van der Waals surface area contributed by atoms with Crippen molar-refractivity contribution in [2.75, 3.05) is 0 Å². The van der Waals surface area contributed by atoms with Crippen LogP contribution in [0.5, 0.6) is 0 Å². The van der Waals surface area contributed by atoms with E-state index in [4.69, 9.17) is 28.9 Å². The molecule has 1 aliphatic carbocycles. The molecule has 2 N–H and O–H groups in total. The van der Waals surface area contributed by atoms with Crippen LogP contribution in [0.3, 0.4) is 0 Å². The molecule has 0 heterocycles. The molecule has 1 aromatic rings. The van der Waals surface area contributed by atoms with E-state index in [0.29, 0.717) is 10.0 Å². The predicted molar refractivity (Wildman–Crippen MR) is 70.1 cm³/mol. The minimum absolute atomic E-state index is 0.0895. The van der Waals surface area contributed by atoms with Gasteiger partial charge in [-0.05, 0) is 43.2 Å². The van der Waals surface area contributed by atoms with E-state index in [1.807, 2.05) is 18.2 Å². The molecule has 2 atom stereocenters. The quantitative estimate of drug-likeness (QED) is 0.850. The van der Waals surface area contributed by atoms with Crippen LogP contribution in [0.15, 0.2) is 18.2 Å². The van der Waals surface area contributed by atoms with Gasteiger partial charge >= 0.3 is 0 Å². The fraction of sp³-hybridized carbons (Fsp3) is 0.538. The summed E-state index contributed by atoms with van der Waals surface area (Å²) in [5.74, 6) is 0.725. The summed E-state index contributed by atoms with van der Waals surface area (Å²) in [6, 6.07) is 5.77. The smallest absolute Gasteiger partial charge is 0.0624 e.